The van der Waals surface area contributed by atoms with E-state index >= 15 is 0 Å². The zero-order chi connectivity index (χ0) is 25.1. The molecule has 0 saturated carbocycles. The number of benzene rings is 1. The molecule has 0 aromatic heterocycles. The topological polar surface area (TPSA) is 86.7 Å². The molecule has 1 aromatic carbocycles. The molecule has 1 rings (SSSR count). The van der Waals surface area contributed by atoms with Gasteiger partial charge in [-0.1, -0.05) is 44.9 Å². The largest absolute Gasteiger partial charge is 1.00 e. The number of ether oxygens (including phenoxy) is 1. The Morgan fingerprint density at radius 3 is 1.62 bits per heavy atom. The molecule has 0 aliphatic carbocycles. The van der Waals surface area contributed by atoms with Crippen molar-refractivity contribution in [3.05, 3.63) is 24.3 Å². The van der Waals surface area contributed by atoms with Gasteiger partial charge in [-0.3, -0.25) is 4.79 Å². The van der Waals surface area contributed by atoms with Crippen LogP contribution in [0, 0.1) is 0 Å². The molecule has 0 fully saturated rings. The first-order chi connectivity index (χ1) is 15.2. The van der Waals surface area contributed by atoms with Gasteiger partial charge in [-0.15, -0.1) is 4.90 Å². The van der Waals surface area contributed by atoms with Crippen molar-refractivity contribution in [2.75, 3.05) is 6.54 Å². The molecular weight excluding hydrogens is 503 g/mol. The van der Waals surface area contributed by atoms with E-state index in [1.807, 2.05) is 0 Å². The Balaban J connectivity index is 0.0000109. The summed E-state index contributed by atoms with van der Waals surface area (Å²) in [6, 6.07) is 4.53. The normalized spacial score (nSPS) is 12.5. The van der Waals surface area contributed by atoms with Crippen LogP contribution in [0.5, 0.6) is 5.75 Å². The Morgan fingerprint density at radius 1 is 0.794 bits per heavy atom. The maximum Gasteiger partial charge on any atom is 1.00 e. The van der Waals surface area contributed by atoms with E-state index in [0.29, 0.717) is 19.3 Å². The summed E-state index contributed by atoms with van der Waals surface area (Å²) in [7, 11) is -4.57. The van der Waals surface area contributed by atoms with Crippen molar-refractivity contribution in [3.8, 4) is 5.75 Å². The molecule has 1 aromatic rings. The molecule has 14 heteroatoms. The number of halogens is 6. The minimum absolute atomic E-state index is 0. The van der Waals surface area contributed by atoms with Crippen molar-refractivity contribution in [2.24, 2.45) is 0 Å². The van der Waals surface area contributed by atoms with Gasteiger partial charge in [0.2, 0.25) is 0 Å². The smallest absolute Gasteiger partial charge is 0.744 e. The van der Waals surface area contributed by atoms with Crippen molar-refractivity contribution >= 4 is 16.1 Å². The predicted molar refractivity (Wildman–Crippen MR) is 105 cm³/mol. The fraction of sp³-hybridized carbons (Fsp3) is 0.650. The molecule has 0 N–H and O–H groups in total. The summed E-state index contributed by atoms with van der Waals surface area (Å²) in [4.78, 5) is 9.93. The molecule has 0 aliphatic heterocycles. The van der Waals surface area contributed by atoms with Crippen LogP contribution in [0.4, 0.5) is 26.3 Å². The Morgan fingerprint density at radius 2 is 1.21 bits per heavy atom. The SMILES string of the molecule is O=C(CCCCCCCCCCCN(C(F)(F)F)C(F)(F)F)Oc1ccc(S(=O)(=O)[O-])cc1.[Na+]. The first-order valence-corrected chi connectivity index (χ1v) is 11.8. The minimum Gasteiger partial charge on any atom is -0.744 e. The number of rotatable bonds is 14. The third-order valence-electron chi connectivity index (χ3n) is 4.72. The van der Waals surface area contributed by atoms with E-state index in [1.165, 1.54) is 12.1 Å². The molecule has 34 heavy (non-hydrogen) atoms. The maximum atomic E-state index is 12.4. The van der Waals surface area contributed by atoms with Crippen molar-refractivity contribution in [3.63, 3.8) is 0 Å². The average molecular weight is 529 g/mol. The van der Waals surface area contributed by atoms with Gasteiger partial charge in [0.15, 0.2) is 0 Å². The van der Waals surface area contributed by atoms with Crippen LogP contribution in [0.1, 0.15) is 64.2 Å². The molecule has 6 nitrogen and oxygen atoms in total. The Labute approximate surface area is 217 Å². The minimum atomic E-state index is -5.43. The maximum absolute atomic E-state index is 12.4. The third-order valence-corrected chi connectivity index (χ3v) is 5.57. The second-order valence-electron chi connectivity index (χ2n) is 7.42. The molecule has 0 amide bonds. The zero-order valence-electron chi connectivity index (χ0n) is 18.8. The Bertz CT molecular complexity index is 817. The number of unbranched alkanes of at least 4 members (excludes halogenated alkanes) is 8. The predicted octanol–water partition coefficient (Wildman–Crippen LogP) is 2.74. The molecule has 0 heterocycles. The Kier molecular flexibility index (Phi) is 14.9. The zero-order valence-corrected chi connectivity index (χ0v) is 21.6. The van der Waals surface area contributed by atoms with Crippen LogP contribution in [0.3, 0.4) is 0 Å². The van der Waals surface area contributed by atoms with E-state index in [4.69, 9.17) is 4.74 Å². The molecular formula is C20H26F6NNaO5S. The summed E-state index contributed by atoms with van der Waals surface area (Å²) in [6.45, 7) is -1.11. The van der Waals surface area contributed by atoms with Crippen molar-refractivity contribution in [1.82, 2.24) is 4.90 Å². The van der Waals surface area contributed by atoms with Crippen LogP contribution in [0.15, 0.2) is 29.2 Å². The third kappa shape index (κ3) is 13.9. The fourth-order valence-corrected chi connectivity index (χ4v) is 3.50. The van der Waals surface area contributed by atoms with E-state index in [-0.39, 0.29) is 54.6 Å². The first-order valence-electron chi connectivity index (χ1n) is 10.4. The van der Waals surface area contributed by atoms with Crippen LogP contribution < -0.4 is 34.3 Å². The molecule has 0 atom stereocenters. The standard InChI is InChI=1S/C20H27F6NO5S.Na/c21-19(22,23)27(20(24,25)26)15-9-7-5-3-1-2-4-6-8-10-18(28)32-16-11-13-17(14-12-16)33(29,30)31;/h11-14H,1-10,15H2,(H,29,30,31);/q;+1/p-1. The summed E-state index contributed by atoms with van der Waals surface area (Å²) >= 11 is 0. The second kappa shape index (κ2) is 15.3. The summed E-state index contributed by atoms with van der Waals surface area (Å²) in [6.07, 6.45) is -5.64. The number of carbonyl (C=O) groups is 1. The molecule has 0 spiro atoms. The van der Waals surface area contributed by atoms with Gasteiger partial charge in [0, 0.05) is 13.0 Å². The van der Waals surface area contributed by atoms with Crippen LogP contribution in [-0.4, -0.2) is 43.0 Å². The van der Waals surface area contributed by atoms with Crippen molar-refractivity contribution < 1.29 is 78.4 Å². The van der Waals surface area contributed by atoms with Crippen molar-refractivity contribution in [1.29, 1.82) is 0 Å². The molecule has 190 valence electrons. The van der Waals surface area contributed by atoms with Gasteiger partial charge in [-0.25, -0.2) is 8.42 Å². The number of carbonyl (C=O) groups excluding carboxylic acids is 1. The number of hydrogen-bond acceptors (Lipinski definition) is 6. The molecule has 0 saturated heterocycles. The Hall–Kier alpha value is -0.860. The molecule has 0 bridgehead atoms. The summed E-state index contributed by atoms with van der Waals surface area (Å²) in [5, 5.41) is 0. The van der Waals surface area contributed by atoms with E-state index in [9.17, 15) is 44.1 Å². The van der Waals surface area contributed by atoms with Gasteiger partial charge in [-0.2, -0.15) is 26.3 Å². The number of hydrogen-bond donors (Lipinski definition) is 0. The average Bonchev–Trinajstić information content (AvgIpc) is 2.66. The van der Waals surface area contributed by atoms with Crippen LogP contribution in [0.25, 0.3) is 0 Å². The molecule has 0 radical (unpaired) electrons. The number of nitrogens with zero attached hydrogens (tertiary/aromatic N) is 1. The summed E-state index contributed by atoms with van der Waals surface area (Å²) < 4.78 is 112. The fourth-order valence-electron chi connectivity index (χ4n) is 3.03. The van der Waals surface area contributed by atoms with Gasteiger partial charge in [-0.05, 0) is 37.1 Å². The van der Waals surface area contributed by atoms with Gasteiger partial charge < -0.3 is 9.29 Å². The number of alkyl halides is 6. The van der Waals surface area contributed by atoms with Crippen LogP contribution in [-0.2, 0) is 14.9 Å². The van der Waals surface area contributed by atoms with E-state index < -0.39 is 45.0 Å². The van der Waals surface area contributed by atoms with Gasteiger partial charge in [0.1, 0.15) is 15.9 Å². The first kappa shape index (κ1) is 33.1. The van der Waals surface area contributed by atoms with Crippen LogP contribution in [0.2, 0.25) is 0 Å². The molecule has 0 aliphatic rings. The second-order valence-corrected chi connectivity index (χ2v) is 8.80. The van der Waals surface area contributed by atoms with E-state index in [2.05, 4.69) is 0 Å². The van der Waals surface area contributed by atoms with Gasteiger partial charge >= 0.3 is 48.1 Å². The monoisotopic (exact) mass is 529 g/mol. The molecule has 0 unspecified atom stereocenters. The van der Waals surface area contributed by atoms with Crippen LogP contribution >= 0.6 is 0 Å². The summed E-state index contributed by atoms with van der Waals surface area (Å²) in [5.74, 6) is -0.375. The quantitative estimate of drug-likeness (QED) is 0.0701. The summed E-state index contributed by atoms with van der Waals surface area (Å²) in [5.41, 5.74) is 0. The van der Waals surface area contributed by atoms with E-state index in [1.54, 1.807) is 0 Å². The van der Waals surface area contributed by atoms with E-state index in [0.717, 1.165) is 37.8 Å². The van der Waals surface area contributed by atoms with Gasteiger partial charge in [0.05, 0.1) is 4.90 Å². The van der Waals surface area contributed by atoms with Crippen molar-refractivity contribution in [2.45, 2.75) is 81.7 Å². The van der Waals surface area contributed by atoms with Gasteiger partial charge in [0.25, 0.3) is 0 Å². The number of esters is 1.